The van der Waals surface area contributed by atoms with Gasteiger partial charge in [-0.15, -0.1) is 11.3 Å². The number of benzene rings is 1. The average molecular weight is 410 g/mol. The highest BCUT2D eigenvalue weighted by molar-refractivity contribution is 7.18. The smallest absolute Gasteiger partial charge is 0.291 e. The Balaban J connectivity index is 1.20. The summed E-state index contributed by atoms with van der Waals surface area (Å²) >= 11 is 1.65. The van der Waals surface area contributed by atoms with Crippen molar-refractivity contribution in [1.82, 2.24) is 14.9 Å². The first-order chi connectivity index (χ1) is 13.9. The summed E-state index contributed by atoms with van der Waals surface area (Å²) in [7, 11) is 0. The summed E-state index contributed by atoms with van der Waals surface area (Å²) in [5.74, 6) is 0.295. The van der Waals surface area contributed by atoms with Gasteiger partial charge in [0.25, 0.3) is 5.91 Å². The van der Waals surface area contributed by atoms with Crippen LogP contribution in [0.1, 0.15) is 40.5 Å². The van der Waals surface area contributed by atoms with Crippen molar-refractivity contribution in [1.29, 1.82) is 0 Å². The molecular formula is C21H22N4O3S. The number of aryl methyl sites for hydroxylation is 2. The number of rotatable bonds is 3. The van der Waals surface area contributed by atoms with Crippen LogP contribution in [-0.4, -0.2) is 39.8 Å². The lowest BCUT2D eigenvalue weighted by atomic mass is 9.90. The molecule has 2 aliphatic rings. The second-order valence-corrected chi connectivity index (χ2v) is 9.32. The quantitative estimate of drug-likeness (QED) is 0.710. The van der Waals surface area contributed by atoms with Gasteiger partial charge >= 0.3 is 0 Å². The molecule has 1 atom stereocenters. The zero-order valence-corrected chi connectivity index (χ0v) is 17.2. The highest BCUT2D eigenvalue weighted by Crippen LogP contribution is 2.59. The number of carbonyl (C=O) groups is 2. The van der Waals surface area contributed by atoms with Gasteiger partial charge in [0.15, 0.2) is 6.39 Å². The van der Waals surface area contributed by atoms with Crippen LogP contribution in [0.4, 0.5) is 5.69 Å². The number of carbonyl (C=O) groups excluding carboxylic acids is 2. The molecule has 29 heavy (non-hydrogen) atoms. The Hall–Kier alpha value is -2.74. The van der Waals surface area contributed by atoms with Gasteiger partial charge in [-0.2, -0.15) is 0 Å². The molecule has 0 bridgehead atoms. The molecule has 1 aromatic carbocycles. The summed E-state index contributed by atoms with van der Waals surface area (Å²) in [6.45, 7) is 5.05. The first kappa shape index (κ1) is 18.3. The standard InChI is InChI=1S/C21H22N4O3S/c1-12-18(28-11-22-12)20(27)25-7-5-21(6-8-25)10-15(21)19(26)24-14-3-4-17-16(9-14)23-13(2)29-17/h3-4,9,11,15H,5-8,10H2,1-2H3,(H,24,26)/t15-/m0/s1. The van der Waals surface area contributed by atoms with Gasteiger partial charge in [-0.05, 0) is 56.7 Å². The monoisotopic (exact) mass is 410 g/mol. The minimum absolute atomic E-state index is 0.0136. The molecule has 1 aliphatic heterocycles. The Bertz CT molecular complexity index is 1110. The fraction of sp³-hybridized carbons (Fsp3) is 0.429. The van der Waals surface area contributed by atoms with Crippen LogP contribution in [0.5, 0.6) is 0 Å². The van der Waals surface area contributed by atoms with E-state index >= 15 is 0 Å². The van der Waals surface area contributed by atoms with E-state index in [1.54, 1.807) is 18.3 Å². The van der Waals surface area contributed by atoms with E-state index in [9.17, 15) is 9.59 Å². The largest absolute Gasteiger partial charge is 0.438 e. The average Bonchev–Trinajstić information content (AvgIpc) is 3.02. The molecule has 1 aliphatic carbocycles. The highest BCUT2D eigenvalue weighted by atomic mass is 32.1. The number of thiazole rings is 1. The molecule has 1 saturated carbocycles. The van der Waals surface area contributed by atoms with E-state index in [1.165, 1.54) is 6.39 Å². The van der Waals surface area contributed by atoms with Gasteiger partial charge in [-0.3, -0.25) is 9.59 Å². The van der Waals surface area contributed by atoms with E-state index in [2.05, 4.69) is 15.3 Å². The molecule has 1 spiro atoms. The second kappa shape index (κ2) is 6.66. The summed E-state index contributed by atoms with van der Waals surface area (Å²) in [4.78, 5) is 35.7. The van der Waals surface area contributed by atoms with Crippen molar-refractivity contribution in [2.75, 3.05) is 18.4 Å². The van der Waals surface area contributed by atoms with Crippen molar-refractivity contribution in [2.24, 2.45) is 11.3 Å². The third kappa shape index (κ3) is 3.21. The normalized spacial score (nSPS) is 20.2. The molecule has 5 rings (SSSR count). The fourth-order valence-corrected chi connectivity index (χ4v) is 5.23. The van der Waals surface area contributed by atoms with Crippen molar-refractivity contribution in [3.63, 3.8) is 0 Å². The molecule has 2 amide bonds. The van der Waals surface area contributed by atoms with Crippen molar-refractivity contribution in [2.45, 2.75) is 33.1 Å². The topological polar surface area (TPSA) is 88.3 Å². The summed E-state index contributed by atoms with van der Waals surface area (Å²) < 4.78 is 6.36. The van der Waals surface area contributed by atoms with Crippen molar-refractivity contribution in [3.05, 3.63) is 41.1 Å². The van der Waals surface area contributed by atoms with Crippen LogP contribution in [0, 0.1) is 25.2 Å². The van der Waals surface area contributed by atoms with Crippen LogP contribution in [0.25, 0.3) is 10.2 Å². The number of aromatic nitrogens is 2. The van der Waals surface area contributed by atoms with E-state index in [1.807, 2.05) is 30.0 Å². The molecule has 2 fully saturated rings. The third-order valence-electron chi connectivity index (χ3n) is 6.25. The van der Waals surface area contributed by atoms with Crippen molar-refractivity contribution < 1.29 is 14.0 Å². The van der Waals surface area contributed by atoms with Gasteiger partial charge in [-0.25, -0.2) is 9.97 Å². The molecule has 3 aromatic rings. The van der Waals surface area contributed by atoms with Crippen LogP contribution < -0.4 is 5.32 Å². The minimum Gasteiger partial charge on any atom is -0.438 e. The van der Waals surface area contributed by atoms with Gasteiger partial charge in [0.2, 0.25) is 11.7 Å². The fourth-order valence-electron chi connectivity index (χ4n) is 4.43. The summed E-state index contributed by atoms with van der Waals surface area (Å²) in [6, 6.07) is 5.88. The highest BCUT2D eigenvalue weighted by Gasteiger charge is 2.58. The van der Waals surface area contributed by atoms with Crippen LogP contribution >= 0.6 is 11.3 Å². The molecule has 150 valence electrons. The number of likely N-dealkylation sites (tertiary alicyclic amines) is 1. The minimum atomic E-state index is -0.108. The lowest BCUT2D eigenvalue weighted by Crippen LogP contribution is -2.40. The Morgan fingerprint density at radius 2 is 2.07 bits per heavy atom. The second-order valence-electron chi connectivity index (χ2n) is 8.08. The van der Waals surface area contributed by atoms with Gasteiger partial charge < -0.3 is 14.6 Å². The molecule has 0 unspecified atom stereocenters. The molecule has 1 N–H and O–H groups in total. The zero-order chi connectivity index (χ0) is 20.2. The Kier molecular flexibility index (Phi) is 4.20. The number of piperidine rings is 1. The Morgan fingerprint density at radius 3 is 2.79 bits per heavy atom. The zero-order valence-electron chi connectivity index (χ0n) is 16.4. The number of fused-ring (bicyclic) bond motifs is 1. The number of nitrogens with zero attached hydrogens (tertiary/aromatic N) is 3. The number of nitrogens with one attached hydrogen (secondary N) is 1. The predicted molar refractivity (Wildman–Crippen MR) is 110 cm³/mol. The van der Waals surface area contributed by atoms with E-state index in [4.69, 9.17) is 4.42 Å². The number of anilines is 1. The van der Waals surface area contributed by atoms with E-state index in [-0.39, 0.29) is 23.1 Å². The van der Waals surface area contributed by atoms with Gasteiger partial charge in [-0.1, -0.05) is 0 Å². The van der Waals surface area contributed by atoms with Crippen LogP contribution in [0.3, 0.4) is 0 Å². The molecule has 0 radical (unpaired) electrons. The first-order valence-electron chi connectivity index (χ1n) is 9.83. The van der Waals surface area contributed by atoms with Crippen LogP contribution in [0.2, 0.25) is 0 Å². The molecule has 3 heterocycles. The molecule has 1 saturated heterocycles. The number of hydrogen-bond donors (Lipinski definition) is 1. The van der Waals surface area contributed by atoms with Gasteiger partial charge in [0.1, 0.15) is 0 Å². The van der Waals surface area contributed by atoms with Gasteiger partial charge in [0, 0.05) is 24.7 Å². The maximum atomic E-state index is 12.8. The number of oxazole rings is 1. The SMILES string of the molecule is Cc1nc2cc(NC(=O)[C@@H]3CC34CCN(C(=O)c3ocnc3C)CC4)ccc2s1. The van der Waals surface area contributed by atoms with Crippen molar-refractivity contribution >= 4 is 39.1 Å². The molecule has 2 aromatic heterocycles. The molecular weight excluding hydrogens is 388 g/mol. The van der Waals surface area contributed by atoms with Crippen LogP contribution in [-0.2, 0) is 4.79 Å². The summed E-state index contributed by atoms with van der Waals surface area (Å²) in [6.07, 6.45) is 3.88. The van der Waals surface area contributed by atoms with E-state index < -0.39 is 0 Å². The Labute approximate surface area is 172 Å². The van der Waals surface area contributed by atoms with Crippen molar-refractivity contribution in [3.8, 4) is 0 Å². The summed E-state index contributed by atoms with van der Waals surface area (Å²) in [5.41, 5.74) is 2.36. The van der Waals surface area contributed by atoms with Crippen LogP contribution in [0.15, 0.2) is 29.0 Å². The number of hydrogen-bond acceptors (Lipinski definition) is 6. The van der Waals surface area contributed by atoms with E-state index in [0.29, 0.717) is 24.5 Å². The molecule has 8 heteroatoms. The maximum absolute atomic E-state index is 12.8. The third-order valence-corrected chi connectivity index (χ3v) is 7.21. The lowest BCUT2D eigenvalue weighted by molar-refractivity contribution is -0.118. The lowest BCUT2D eigenvalue weighted by Gasteiger charge is -2.32. The number of amides is 2. The van der Waals surface area contributed by atoms with E-state index in [0.717, 1.165) is 40.2 Å². The maximum Gasteiger partial charge on any atom is 0.291 e. The van der Waals surface area contributed by atoms with Gasteiger partial charge in [0.05, 0.1) is 20.9 Å². The summed E-state index contributed by atoms with van der Waals surface area (Å²) in [5, 5.41) is 4.08. The first-order valence-corrected chi connectivity index (χ1v) is 10.6. The molecule has 7 nitrogen and oxygen atoms in total. The predicted octanol–water partition coefficient (Wildman–Crippen LogP) is 3.78. The Morgan fingerprint density at radius 1 is 1.28 bits per heavy atom.